The van der Waals surface area contributed by atoms with Crippen molar-refractivity contribution in [2.45, 2.75) is 69.1 Å². The molecule has 2 N–H and O–H groups in total. The van der Waals surface area contributed by atoms with Gasteiger partial charge in [0.15, 0.2) is 0 Å². The van der Waals surface area contributed by atoms with E-state index in [9.17, 15) is 14.3 Å². The molecule has 4 bridgehead atoms. The molecule has 4 fully saturated rings. The van der Waals surface area contributed by atoms with Crippen LogP contribution in [0.25, 0.3) is 12.2 Å². The zero-order chi connectivity index (χ0) is 22.5. The van der Waals surface area contributed by atoms with Gasteiger partial charge in [-0.05, 0) is 73.4 Å². The molecule has 1 aromatic carbocycles. The van der Waals surface area contributed by atoms with Gasteiger partial charge in [0, 0.05) is 36.7 Å². The summed E-state index contributed by atoms with van der Waals surface area (Å²) in [5, 5.41) is 12.7. The third-order valence-corrected chi connectivity index (χ3v) is 7.71. The predicted octanol–water partition coefficient (Wildman–Crippen LogP) is 2.79. The molecule has 6 rings (SSSR count). The second-order valence-electron chi connectivity index (χ2n) is 9.76. The highest BCUT2D eigenvalue weighted by Gasteiger charge is 2.55. The summed E-state index contributed by atoms with van der Waals surface area (Å²) in [5.74, 6) is 2.69. The number of terminal acetylenes is 1. The zero-order valence-electron chi connectivity index (χ0n) is 18.4. The molecule has 3 heterocycles. The Balaban J connectivity index is 1.50. The second kappa shape index (κ2) is 7.94. The Hall–Kier alpha value is -2.84. The fourth-order valence-corrected chi connectivity index (χ4v) is 6.66. The topological polar surface area (TPSA) is 56.3 Å². The third kappa shape index (κ3) is 3.57. The molecule has 2 aliphatic carbocycles. The zero-order valence-corrected chi connectivity index (χ0v) is 18.4. The average molecular weight is 433 g/mol. The van der Waals surface area contributed by atoms with E-state index in [0.29, 0.717) is 25.2 Å². The maximum atomic E-state index is 13.7. The number of aromatic nitrogens is 1. The number of carbonyl (C=O) groups is 1. The summed E-state index contributed by atoms with van der Waals surface area (Å²) in [6.45, 7) is 1.95. The largest absolute Gasteiger partial charge is 0.390 e. The van der Waals surface area contributed by atoms with Crippen LogP contribution in [0.15, 0.2) is 30.5 Å². The van der Waals surface area contributed by atoms with Gasteiger partial charge in [0.2, 0.25) is 5.91 Å². The van der Waals surface area contributed by atoms with Crippen molar-refractivity contribution in [3.05, 3.63) is 58.0 Å². The Labute approximate surface area is 187 Å². The van der Waals surface area contributed by atoms with E-state index in [1.165, 1.54) is 12.1 Å². The lowest BCUT2D eigenvalue weighted by Gasteiger charge is -2.59. The number of aliphatic hydroxyl groups is 1. The minimum Gasteiger partial charge on any atom is -0.390 e. The first-order valence-corrected chi connectivity index (χ1v) is 11.5. The number of piperidine rings is 2. The van der Waals surface area contributed by atoms with E-state index in [-0.39, 0.29) is 29.7 Å². The maximum Gasteiger partial charge on any atom is 0.224 e. The van der Waals surface area contributed by atoms with Crippen molar-refractivity contribution in [3.8, 4) is 12.3 Å². The summed E-state index contributed by atoms with van der Waals surface area (Å²) >= 11 is 0. The monoisotopic (exact) mass is 432 g/mol. The number of aromatic amines is 1. The van der Waals surface area contributed by atoms with Gasteiger partial charge in [0.1, 0.15) is 5.82 Å². The van der Waals surface area contributed by atoms with Crippen LogP contribution in [-0.4, -0.2) is 38.6 Å². The molecule has 2 saturated heterocycles. The van der Waals surface area contributed by atoms with E-state index in [1.54, 1.807) is 18.2 Å². The Bertz CT molecular complexity index is 1170. The van der Waals surface area contributed by atoms with Crippen molar-refractivity contribution in [1.29, 1.82) is 0 Å². The van der Waals surface area contributed by atoms with Crippen molar-refractivity contribution in [2.24, 2.45) is 5.92 Å². The smallest absolute Gasteiger partial charge is 0.224 e. The summed E-state index contributed by atoms with van der Waals surface area (Å²) in [6, 6.07) is 6.67. The van der Waals surface area contributed by atoms with Crippen LogP contribution in [0.5, 0.6) is 0 Å². The van der Waals surface area contributed by atoms with Crippen LogP contribution < -0.4 is 10.6 Å². The van der Waals surface area contributed by atoms with E-state index < -0.39 is 5.60 Å². The molecule has 2 saturated carbocycles. The van der Waals surface area contributed by atoms with Gasteiger partial charge in [0.05, 0.1) is 11.0 Å². The number of hydrogen-bond donors (Lipinski definition) is 2. The molecule has 3 atom stereocenters. The first-order chi connectivity index (χ1) is 15.4. The highest BCUT2D eigenvalue weighted by Crippen LogP contribution is 2.51. The van der Waals surface area contributed by atoms with E-state index in [4.69, 9.17) is 6.42 Å². The minimum absolute atomic E-state index is 0.113. The quantitative estimate of drug-likeness (QED) is 0.730. The fourth-order valence-electron chi connectivity index (χ4n) is 6.66. The number of amides is 1. The summed E-state index contributed by atoms with van der Waals surface area (Å²) in [6.07, 6.45) is 15.6. The Morgan fingerprint density at radius 3 is 2.59 bits per heavy atom. The molecule has 2 unspecified atom stereocenters. The number of H-pyrrole nitrogens is 1. The molecule has 2 aromatic rings. The molecular weight excluding hydrogens is 403 g/mol. The number of hydrogen-bond acceptors (Lipinski definition) is 2. The molecule has 1 amide bonds. The van der Waals surface area contributed by atoms with Gasteiger partial charge >= 0.3 is 0 Å². The first kappa shape index (κ1) is 21.0. The average Bonchev–Trinajstić information content (AvgIpc) is 3.14. The second-order valence-corrected chi connectivity index (χ2v) is 9.76. The predicted molar refractivity (Wildman–Crippen MR) is 122 cm³/mol. The van der Waals surface area contributed by atoms with E-state index >= 15 is 0 Å². The van der Waals surface area contributed by atoms with E-state index in [1.807, 2.05) is 19.2 Å². The Morgan fingerprint density at radius 1 is 1.31 bits per heavy atom. The van der Waals surface area contributed by atoms with Gasteiger partial charge in [-0.15, -0.1) is 6.42 Å². The summed E-state index contributed by atoms with van der Waals surface area (Å²) in [4.78, 5) is 19.0. The maximum absolute atomic E-state index is 13.7. The molecule has 4 aliphatic rings. The van der Waals surface area contributed by atoms with Crippen LogP contribution in [0.4, 0.5) is 4.39 Å². The fraction of sp³-hybridized carbons (Fsp3) is 0.444. The summed E-state index contributed by atoms with van der Waals surface area (Å²) < 4.78 is 13.7. The summed E-state index contributed by atoms with van der Waals surface area (Å²) in [7, 11) is 0. The first-order valence-electron chi connectivity index (χ1n) is 11.5. The number of benzene rings is 1. The standard InChI is InChI=1S/C27H29FN2O2/c1-3-5-25-22(4-2)24(16-29-25)23(18-6-8-19(28)9-7-18)12-26(31)30-20-10-17-11-21(30)15-27(32,13-17)14-20/h1,4-9,16-17,20-21,23,29,32H,10-15H2,2H3/b22-4-,25-5+/t17?,20?,21?,23-,27?/m0/s1. The van der Waals surface area contributed by atoms with Crippen LogP contribution in [-0.2, 0) is 4.79 Å². The van der Waals surface area contributed by atoms with Crippen molar-refractivity contribution in [3.63, 3.8) is 0 Å². The van der Waals surface area contributed by atoms with E-state index in [0.717, 1.165) is 41.0 Å². The lowest BCUT2D eigenvalue weighted by molar-refractivity contribution is -0.174. The molecular formula is C27H29FN2O2. The molecule has 1 aromatic heterocycles. The van der Waals surface area contributed by atoms with Gasteiger partial charge in [0.25, 0.3) is 0 Å². The van der Waals surface area contributed by atoms with Crippen molar-refractivity contribution >= 4 is 18.1 Å². The molecule has 0 spiro atoms. The van der Waals surface area contributed by atoms with Crippen LogP contribution in [0.1, 0.15) is 62.5 Å². The lowest BCUT2D eigenvalue weighted by atomic mass is 9.61. The molecule has 2 aliphatic heterocycles. The minimum atomic E-state index is -0.589. The molecule has 0 radical (unpaired) electrons. The Morgan fingerprint density at radius 2 is 2.00 bits per heavy atom. The number of nitrogens with zero attached hydrogens (tertiary/aromatic N) is 1. The van der Waals surface area contributed by atoms with Gasteiger partial charge in [-0.25, -0.2) is 4.39 Å². The number of rotatable bonds is 4. The van der Waals surface area contributed by atoms with Gasteiger partial charge < -0.3 is 15.0 Å². The highest BCUT2D eigenvalue weighted by atomic mass is 19.1. The normalized spacial score (nSPS) is 30.6. The highest BCUT2D eigenvalue weighted by molar-refractivity contribution is 5.79. The molecule has 4 nitrogen and oxygen atoms in total. The molecule has 166 valence electrons. The molecule has 5 heteroatoms. The van der Waals surface area contributed by atoms with Crippen LogP contribution in [0, 0.1) is 24.1 Å². The van der Waals surface area contributed by atoms with Gasteiger partial charge in [-0.2, -0.15) is 0 Å². The number of halogens is 1. The Kier molecular flexibility index (Phi) is 5.22. The SMILES string of the molecule is C#C/C=c1/[nH]cc([C@@H](CC(=O)N2C3CC4CC2CC(O)(C4)C3)c2ccc(F)cc2)/c1=C/C. The third-order valence-electron chi connectivity index (χ3n) is 7.71. The van der Waals surface area contributed by atoms with Crippen molar-refractivity contribution < 1.29 is 14.3 Å². The van der Waals surface area contributed by atoms with Gasteiger partial charge in [-0.1, -0.05) is 24.1 Å². The number of carbonyl (C=O) groups excluding carboxylic acids is 1. The van der Waals surface area contributed by atoms with E-state index in [2.05, 4.69) is 15.8 Å². The van der Waals surface area contributed by atoms with Crippen LogP contribution >= 0.6 is 0 Å². The van der Waals surface area contributed by atoms with Crippen LogP contribution in [0.3, 0.4) is 0 Å². The summed E-state index contributed by atoms with van der Waals surface area (Å²) in [5.41, 5.74) is 1.30. The van der Waals surface area contributed by atoms with Crippen molar-refractivity contribution in [1.82, 2.24) is 9.88 Å². The molecule has 32 heavy (non-hydrogen) atoms. The van der Waals surface area contributed by atoms with Crippen molar-refractivity contribution in [2.75, 3.05) is 0 Å². The number of nitrogens with one attached hydrogen (secondary N) is 1. The lowest BCUT2D eigenvalue weighted by Crippen LogP contribution is -2.65. The van der Waals surface area contributed by atoms with Crippen LogP contribution in [0.2, 0.25) is 0 Å². The van der Waals surface area contributed by atoms with Gasteiger partial charge in [-0.3, -0.25) is 4.79 Å².